The van der Waals surface area contributed by atoms with E-state index in [1.165, 1.54) is 0 Å². The summed E-state index contributed by atoms with van der Waals surface area (Å²) in [5.41, 5.74) is 5.48. The van der Waals surface area contributed by atoms with Crippen molar-refractivity contribution < 1.29 is 19.2 Å². The Labute approximate surface area is 66.5 Å². The fourth-order valence-corrected chi connectivity index (χ4v) is 0.751. The molecule has 0 aliphatic rings. The van der Waals surface area contributed by atoms with Crippen molar-refractivity contribution in [3.05, 3.63) is 0 Å². The van der Waals surface area contributed by atoms with Crippen LogP contribution in [0, 0.1) is 5.92 Å². The highest BCUT2D eigenvalue weighted by atomic mass is 31.2. The maximum atomic E-state index is 8.39. The van der Waals surface area contributed by atoms with Crippen molar-refractivity contribution in [2.75, 3.05) is 6.61 Å². The number of nitrogens with two attached hydrogens (primary N) is 1. The van der Waals surface area contributed by atoms with Crippen molar-refractivity contribution in [1.82, 2.24) is 0 Å². The van der Waals surface area contributed by atoms with Crippen molar-refractivity contribution in [3.8, 4) is 0 Å². The van der Waals surface area contributed by atoms with E-state index < -0.39 is 8.17 Å². The quantitative estimate of drug-likeness (QED) is 0.447. The molecule has 0 bridgehead atoms. The Bertz CT molecular complexity index is 114. The van der Waals surface area contributed by atoms with E-state index in [0.717, 1.165) is 0 Å². The van der Waals surface area contributed by atoms with Crippen molar-refractivity contribution >= 4 is 8.17 Å². The van der Waals surface area contributed by atoms with Gasteiger partial charge < -0.3 is 5.73 Å². The molecule has 0 radical (unpaired) electrons. The lowest BCUT2D eigenvalue weighted by molar-refractivity contribution is 0.144. The summed E-state index contributed by atoms with van der Waals surface area (Å²) in [6, 6.07) is -0.291. The summed E-state index contributed by atoms with van der Waals surface area (Å²) in [6.07, 6.45) is 0. The Morgan fingerprint density at radius 3 is 2.09 bits per heavy atom. The molecular formula is C5H15NO4P+. The minimum absolute atomic E-state index is 0.0467. The molecule has 0 rings (SSSR count). The summed E-state index contributed by atoms with van der Waals surface area (Å²) in [5, 5.41) is 0. The molecular weight excluding hydrogens is 169 g/mol. The predicted molar refractivity (Wildman–Crippen MR) is 42.3 cm³/mol. The van der Waals surface area contributed by atoms with Gasteiger partial charge in [-0.15, -0.1) is 0 Å². The van der Waals surface area contributed by atoms with Gasteiger partial charge in [0.25, 0.3) is 0 Å². The smallest absolute Gasteiger partial charge is 0.325 e. The minimum atomic E-state index is -4.09. The summed E-state index contributed by atoms with van der Waals surface area (Å²) in [6.45, 7) is 3.70. The van der Waals surface area contributed by atoms with Crippen LogP contribution in [0.4, 0.5) is 0 Å². The highest BCUT2D eigenvalue weighted by molar-refractivity contribution is 7.53. The minimum Gasteiger partial charge on any atom is -0.325 e. The van der Waals surface area contributed by atoms with Crippen molar-refractivity contribution in [2.24, 2.45) is 11.7 Å². The van der Waals surface area contributed by atoms with Crippen LogP contribution >= 0.6 is 8.17 Å². The molecule has 0 aliphatic carbocycles. The average Bonchev–Trinajstić information content (AvgIpc) is 1.80. The molecule has 68 valence electrons. The van der Waals surface area contributed by atoms with Gasteiger partial charge in [-0.1, -0.05) is 13.8 Å². The fraction of sp³-hybridized carbons (Fsp3) is 1.00. The molecule has 5 N–H and O–H groups in total. The summed E-state index contributed by atoms with van der Waals surface area (Å²) in [7, 11) is -4.09. The van der Waals surface area contributed by atoms with Crippen LogP contribution in [0.1, 0.15) is 13.8 Å². The second kappa shape index (κ2) is 4.30. The van der Waals surface area contributed by atoms with Gasteiger partial charge in [-0.25, -0.2) is 0 Å². The van der Waals surface area contributed by atoms with E-state index in [1.807, 2.05) is 13.8 Å². The first-order valence-corrected chi connectivity index (χ1v) is 4.87. The third-order valence-electron chi connectivity index (χ3n) is 1.30. The molecule has 5 nitrogen and oxygen atoms in total. The van der Waals surface area contributed by atoms with Gasteiger partial charge in [-0.05, 0) is 5.92 Å². The molecule has 0 aromatic heterocycles. The van der Waals surface area contributed by atoms with Gasteiger partial charge in [-0.3, -0.25) is 0 Å². The van der Waals surface area contributed by atoms with Gasteiger partial charge in [0.05, 0.1) is 0 Å². The van der Waals surface area contributed by atoms with Gasteiger partial charge in [0.15, 0.2) is 0 Å². The van der Waals surface area contributed by atoms with Crippen LogP contribution in [-0.2, 0) is 4.52 Å². The summed E-state index contributed by atoms with van der Waals surface area (Å²) < 4.78 is 4.31. The summed E-state index contributed by atoms with van der Waals surface area (Å²) in [5.74, 6) is 0.182. The van der Waals surface area contributed by atoms with Crippen LogP contribution in [0.2, 0.25) is 0 Å². The SMILES string of the molecule is CC(C)C(N)CO[P+](O)(O)O. The monoisotopic (exact) mass is 184 g/mol. The van der Waals surface area contributed by atoms with Crippen LogP contribution in [-0.4, -0.2) is 27.3 Å². The highest BCUT2D eigenvalue weighted by Crippen LogP contribution is 2.45. The summed E-state index contributed by atoms with van der Waals surface area (Å²) in [4.78, 5) is 25.2. The molecule has 6 heteroatoms. The number of hydrogen-bond acceptors (Lipinski definition) is 5. The van der Waals surface area contributed by atoms with Crippen LogP contribution in [0.25, 0.3) is 0 Å². The van der Waals surface area contributed by atoms with E-state index in [-0.39, 0.29) is 18.6 Å². The van der Waals surface area contributed by atoms with Crippen LogP contribution < -0.4 is 5.73 Å². The fourth-order valence-electron chi connectivity index (χ4n) is 0.379. The predicted octanol–water partition coefficient (Wildman–Crippen LogP) is -0.359. The molecule has 0 aromatic carbocycles. The zero-order valence-electron chi connectivity index (χ0n) is 6.64. The van der Waals surface area contributed by atoms with E-state index in [2.05, 4.69) is 4.52 Å². The van der Waals surface area contributed by atoms with Gasteiger partial charge >= 0.3 is 8.17 Å². The topological polar surface area (TPSA) is 95.9 Å². The Kier molecular flexibility index (Phi) is 4.39. The van der Waals surface area contributed by atoms with Gasteiger partial charge in [-0.2, -0.15) is 19.2 Å². The highest BCUT2D eigenvalue weighted by Gasteiger charge is 2.33. The molecule has 0 aromatic rings. The van der Waals surface area contributed by atoms with Gasteiger partial charge in [0, 0.05) is 6.04 Å². The zero-order chi connectivity index (χ0) is 9.07. The molecule has 11 heavy (non-hydrogen) atoms. The molecule has 0 saturated carbocycles. The maximum absolute atomic E-state index is 8.39. The van der Waals surface area contributed by atoms with E-state index in [9.17, 15) is 0 Å². The van der Waals surface area contributed by atoms with Gasteiger partial charge in [0.2, 0.25) is 0 Å². The maximum Gasteiger partial charge on any atom is 0.567 e. The Balaban J connectivity index is 3.54. The largest absolute Gasteiger partial charge is 0.567 e. The lowest BCUT2D eigenvalue weighted by Crippen LogP contribution is -2.31. The first-order chi connectivity index (χ1) is 4.83. The first kappa shape index (κ1) is 11.2. The lowest BCUT2D eigenvalue weighted by Gasteiger charge is -2.13. The molecule has 0 saturated heterocycles. The van der Waals surface area contributed by atoms with E-state index in [0.29, 0.717) is 0 Å². The second-order valence-electron chi connectivity index (χ2n) is 2.72. The normalized spacial score (nSPS) is 15.5. The van der Waals surface area contributed by atoms with E-state index in [4.69, 9.17) is 20.4 Å². The van der Waals surface area contributed by atoms with Crippen LogP contribution in [0.5, 0.6) is 0 Å². The Morgan fingerprint density at radius 1 is 1.36 bits per heavy atom. The standard InChI is InChI=1S/C5H15NO4P/c1-4(2)5(6)3-10-11(7,8)9/h4-5,7-9H,3,6H2,1-2H3/q+1. The lowest BCUT2D eigenvalue weighted by atomic mass is 10.1. The van der Waals surface area contributed by atoms with Crippen molar-refractivity contribution in [2.45, 2.75) is 19.9 Å². The van der Waals surface area contributed by atoms with Crippen LogP contribution in [0.15, 0.2) is 0 Å². The average molecular weight is 184 g/mol. The van der Waals surface area contributed by atoms with Crippen molar-refractivity contribution in [3.63, 3.8) is 0 Å². The van der Waals surface area contributed by atoms with E-state index >= 15 is 0 Å². The molecule has 0 fully saturated rings. The van der Waals surface area contributed by atoms with Crippen LogP contribution in [0.3, 0.4) is 0 Å². The third-order valence-corrected chi connectivity index (χ3v) is 1.79. The number of hydrogen-bond donors (Lipinski definition) is 4. The number of rotatable bonds is 4. The first-order valence-electron chi connectivity index (χ1n) is 3.30. The Hall–Kier alpha value is 0.230. The molecule has 1 unspecified atom stereocenters. The third kappa shape index (κ3) is 6.62. The van der Waals surface area contributed by atoms with Crippen molar-refractivity contribution in [1.29, 1.82) is 0 Å². The molecule has 0 aliphatic heterocycles. The molecule has 0 amide bonds. The molecule has 0 heterocycles. The Morgan fingerprint density at radius 2 is 1.82 bits per heavy atom. The molecule has 1 atom stereocenters. The second-order valence-corrected chi connectivity index (χ2v) is 4.00. The van der Waals surface area contributed by atoms with Gasteiger partial charge in [0.1, 0.15) is 6.61 Å². The zero-order valence-corrected chi connectivity index (χ0v) is 7.53. The molecule has 0 spiro atoms. The van der Waals surface area contributed by atoms with E-state index in [1.54, 1.807) is 0 Å². The summed E-state index contributed by atoms with van der Waals surface area (Å²) >= 11 is 0.